The Morgan fingerprint density at radius 3 is 2.38 bits per heavy atom. The third-order valence-corrected chi connectivity index (χ3v) is 3.42. The van der Waals surface area contributed by atoms with Gasteiger partial charge in [-0.2, -0.15) is 0 Å². The SMILES string of the molecule is CCNC(=O)CN(CC)[C@H](C)C(=O)Nc1ccc(Cl)cc1. The van der Waals surface area contributed by atoms with Gasteiger partial charge in [-0.3, -0.25) is 14.5 Å². The summed E-state index contributed by atoms with van der Waals surface area (Å²) in [6.07, 6.45) is 0. The van der Waals surface area contributed by atoms with Crippen molar-refractivity contribution >= 4 is 29.1 Å². The van der Waals surface area contributed by atoms with E-state index < -0.39 is 6.04 Å². The first-order valence-corrected chi connectivity index (χ1v) is 7.42. The molecule has 2 amide bonds. The Balaban J connectivity index is 2.62. The molecule has 1 aromatic rings. The van der Waals surface area contributed by atoms with Crippen molar-refractivity contribution in [3.63, 3.8) is 0 Å². The molecule has 0 fully saturated rings. The zero-order valence-corrected chi connectivity index (χ0v) is 13.4. The molecule has 0 spiro atoms. The van der Waals surface area contributed by atoms with E-state index in [0.717, 1.165) is 0 Å². The highest BCUT2D eigenvalue weighted by molar-refractivity contribution is 6.30. The van der Waals surface area contributed by atoms with E-state index in [1.807, 2.05) is 18.7 Å². The van der Waals surface area contributed by atoms with E-state index in [1.165, 1.54) is 0 Å². The minimum Gasteiger partial charge on any atom is -0.355 e. The van der Waals surface area contributed by atoms with Crippen LogP contribution in [0, 0.1) is 0 Å². The van der Waals surface area contributed by atoms with E-state index in [1.54, 1.807) is 31.2 Å². The summed E-state index contributed by atoms with van der Waals surface area (Å²) in [5, 5.41) is 6.17. The summed E-state index contributed by atoms with van der Waals surface area (Å²) in [6.45, 7) is 6.98. The van der Waals surface area contributed by atoms with Gasteiger partial charge < -0.3 is 10.6 Å². The number of halogens is 1. The zero-order valence-electron chi connectivity index (χ0n) is 12.6. The largest absolute Gasteiger partial charge is 0.355 e. The van der Waals surface area contributed by atoms with E-state index in [2.05, 4.69) is 10.6 Å². The standard InChI is InChI=1S/C15H22ClN3O2/c1-4-17-14(20)10-19(5-2)11(3)15(21)18-13-8-6-12(16)7-9-13/h6-9,11H,4-5,10H2,1-3H3,(H,17,20)(H,18,21)/t11-/m1/s1. The number of carbonyl (C=O) groups excluding carboxylic acids is 2. The summed E-state index contributed by atoms with van der Waals surface area (Å²) < 4.78 is 0. The normalized spacial score (nSPS) is 12.0. The summed E-state index contributed by atoms with van der Waals surface area (Å²) in [5.74, 6) is -0.228. The first kappa shape index (κ1) is 17.5. The van der Waals surface area contributed by atoms with Gasteiger partial charge in [-0.05, 0) is 44.7 Å². The molecule has 21 heavy (non-hydrogen) atoms. The van der Waals surface area contributed by atoms with Crippen LogP contribution in [0.5, 0.6) is 0 Å². The molecule has 5 nitrogen and oxygen atoms in total. The van der Waals surface area contributed by atoms with Gasteiger partial charge in [0.05, 0.1) is 12.6 Å². The highest BCUT2D eigenvalue weighted by Crippen LogP contribution is 2.14. The summed E-state index contributed by atoms with van der Waals surface area (Å²) in [6, 6.07) is 6.52. The lowest BCUT2D eigenvalue weighted by Gasteiger charge is -2.26. The minimum atomic E-state index is -0.395. The number of nitrogens with zero attached hydrogens (tertiary/aromatic N) is 1. The number of hydrogen-bond acceptors (Lipinski definition) is 3. The van der Waals surface area contributed by atoms with E-state index in [-0.39, 0.29) is 18.4 Å². The van der Waals surface area contributed by atoms with Gasteiger partial charge in [0.25, 0.3) is 0 Å². The lowest BCUT2D eigenvalue weighted by Crippen LogP contribution is -2.46. The number of likely N-dealkylation sites (N-methyl/N-ethyl adjacent to an activating group) is 2. The predicted molar refractivity (Wildman–Crippen MR) is 85.5 cm³/mol. The maximum absolute atomic E-state index is 12.2. The minimum absolute atomic E-state index is 0.0782. The van der Waals surface area contributed by atoms with Gasteiger partial charge in [-0.15, -0.1) is 0 Å². The maximum atomic E-state index is 12.2. The topological polar surface area (TPSA) is 61.4 Å². The van der Waals surface area contributed by atoms with Crippen LogP contribution in [0.2, 0.25) is 5.02 Å². The van der Waals surface area contributed by atoms with Gasteiger partial charge in [0.15, 0.2) is 0 Å². The number of anilines is 1. The zero-order chi connectivity index (χ0) is 15.8. The van der Waals surface area contributed by atoms with Crippen molar-refractivity contribution in [2.75, 3.05) is 25.0 Å². The smallest absolute Gasteiger partial charge is 0.241 e. The van der Waals surface area contributed by atoms with Crippen molar-refractivity contribution in [2.45, 2.75) is 26.8 Å². The van der Waals surface area contributed by atoms with Crippen molar-refractivity contribution in [2.24, 2.45) is 0 Å². The van der Waals surface area contributed by atoms with Crippen LogP contribution in [-0.4, -0.2) is 42.4 Å². The number of nitrogens with one attached hydrogen (secondary N) is 2. The van der Waals surface area contributed by atoms with Crippen molar-refractivity contribution in [1.82, 2.24) is 10.2 Å². The number of carbonyl (C=O) groups is 2. The Labute approximate surface area is 130 Å². The van der Waals surface area contributed by atoms with Crippen LogP contribution in [0.3, 0.4) is 0 Å². The van der Waals surface area contributed by atoms with E-state index in [4.69, 9.17) is 11.6 Å². The molecule has 6 heteroatoms. The third-order valence-electron chi connectivity index (χ3n) is 3.17. The predicted octanol–water partition coefficient (Wildman–Crippen LogP) is 2.12. The number of amides is 2. The van der Waals surface area contributed by atoms with Crippen molar-refractivity contribution in [3.8, 4) is 0 Å². The maximum Gasteiger partial charge on any atom is 0.241 e. The molecular weight excluding hydrogens is 290 g/mol. The Hall–Kier alpha value is -1.59. The van der Waals surface area contributed by atoms with Gasteiger partial charge in [-0.1, -0.05) is 18.5 Å². The van der Waals surface area contributed by atoms with Crippen LogP contribution in [0.4, 0.5) is 5.69 Å². The molecule has 1 rings (SSSR count). The summed E-state index contributed by atoms with van der Waals surface area (Å²) in [4.78, 5) is 25.7. The quantitative estimate of drug-likeness (QED) is 0.811. The molecule has 0 bridgehead atoms. The van der Waals surface area contributed by atoms with E-state index >= 15 is 0 Å². The molecule has 0 unspecified atom stereocenters. The third kappa shape index (κ3) is 5.73. The van der Waals surface area contributed by atoms with Crippen LogP contribution in [0.1, 0.15) is 20.8 Å². The lowest BCUT2D eigenvalue weighted by atomic mass is 10.2. The molecule has 1 atom stereocenters. The van der Waals surface area contributed by atoms with Crippen molar-refractivity contribution in [1.29, 1.82) is 0 Å². The second-order valence-electron chi connectivity index (χ2n) is 4.69. The van der Waals surface area contributed by atoms with Gasteiger partial charge in [0.1, 0.15) is 0 Å². The molecule has 1 aromatic carbocycles. The Morgan fingerprint density at radius 1 is 1.24 bits per heavy atom. The van der Waals surface area contributed by atoms with Crippen LogP contribution >= 0.6 is 11.6 Å². The Morgan fingerprint density at radius 2 is 1.86 bits per heavy atom. The fraction of sp³-hybridized carbons (Fsp3) is 0.467. The van der Waals surface area contributed by atoms with Crippen LogP contribution in [0.15, 0.2) is 24.3 Å². The second kappa shape index (κ2) is 8.64. The summed E-state index contributed by atoms with van der Waals surface area (Å²) in [7, 11) is 0. The number of hydrogen-bond donors (Lipinski definition) is 2. The summed E-state index contributed by atoms with van der Waals surface area (Å²) >= 11 is 5.81. The molecule has 0 aliphatic rings. The van der Waals surface area contributed by atoms with Gasteiger partial charge in [-0.25, -0.2) is 0 Å². The Bertz CT molecular complexity index is 476. The highest BCUT2D eigenvalue weighted by Gasteiger charge is 2.22. The van der Waals surface area contributed by atoms with E-state index in [0.29, 0.717) is 23.8 Å². The molecular formula is C15H22ClN3O2. The van der Waals surface area contributed by atoms with Crippen LogP contribution in [-0.2, 0) is 9.59 Å². The van der Waals surface area contributed by atoms with Crippen molar-refractivity contribution in [3.05, 3.63) is 29.3 Å². The van der Waals surface area contributed by atoms with Gasteiger partial charge in [0, 0.05) is 17.3 Å². The first-order chi connectivity index (χ1) is 9.97. The van der Waals surface area contributed by atoms with Crippen LogP contribution in [0.25, 0.3) is 0 Å². The molecule has 0 saturated heterocycles. The molecule has 0 radical (unpaired) electrons. The average molecular weight is 312 g/mol. The molecule has 0 aliphatic heterocycles. The molecule has 0 saturated carbocycles. The molecule has 0 aliphatic carbocycles. The molecule has 116 valence electrons. The van der Waals surface area contributed by atoms with E-state index in [9.17, 15) is 9.59 Å². The second-order valence-corrected chi connectivity index (χ2v) is 5.13. The molecule has 0 heterocycles. The molecule has 2 N–H and O–H groups in total. The van der Waals surface area contributed by atoms with Crippen LogP contribution < -0.4 is 10.6 Å². The fourth-order valence-corrected chi connectivity index (χ4v) is 2.03. The van der Waals surface area contributed by atoms with Crippen molar-refractivity contribution < 1.29 is 9.59 Å². The fourth-order valence-electron chi connectivity index (χ4n) is 1.91. The Kier molecular flexibility index (Phi) is 7.19. The first-order valence-electron chi connectivity index (χ1n) is 7.05. The average Bonchev–Trinajstić information content (AvgIpc) is 2.46. The highest BCUT2D eigenvalue weighted by atomic mass is 35.5. The number of rotatable bonds is 7. The monoisotopic (exact) mass is 311 g/mol. The van der Waals surface area contributed by atoms with Gasteiger partial charge >= 0.3 is 0 Å². The van der Waals surface area contributed by atoms with Gasteiger partial charge in [0.2, 0.25) is 11.8 Å². The molecule has 0 aromatic heterocycles. The lowest BCUT2D eigenvalue weighted by molar-refractivity contribution is -0.125. The summed E-state index contributed by atoms with van der Waals surface area (Å²) in [5.41, 5.74) is 0.685. The number of benzene rings is 1.